The molecule has 94 valence electrons. The van der Waals surface area contributed by atoms with Crippen molar-refractivity contribution in [1.82, 2.24) is 0 Å². The van der Waals surface area contributed by atoms with Gasteiger partial charge in [0.25, 0.3) is 0 Å². The Balaban J connectivity index is 3.04. The first kappa shape index (κ1) is 14.4. The third-order valence-corrected chi connectivity index (χ3v) is 3.39. The number of carbonyl (C=O) groups is 2. The predicted molar refractivity (Wildman–Crippen MR) is 69.5 cm³/mol. The van der Waals surface area contributed by atoms with Crippen LogP contribution in [0.25, 0.3) is 0 Å². The number of esters is 2. The summed E-state index contributed by atoms with van der Waals surface area (Å²) in [5.74, 6) is -0.513. The summed E-state index contributed by atoms with van der Waals surface area (Å²) in [7, 11) is 0. The molecule has 0 radical (unpaired) electrons. The summed E-state index contributed by atoms with van der Waals surface area (Å²) in [5.41, 5.74) is 0.354. The molecule has 0 amide bonds. The van der Waals surface area contributed by atoms with Crippen LogP contribution in [0.15, 0.2) is 20.8 Å². The average molecular weight is 368 g/mol. The summed E-state index contributed by atoms with van der Waals surface area (Å²) in [6.45, 7) is 3.27. The summed E-state index contributed by atoms with van der Waals surface area (Å²) < 4.78 is 10.7. The van der Waals surface area contributed by atoms with Crippen LogP contribution in [0, 0.1) is 0 Å². The fourth-order valence-corrected chi connectivity index (χ4v) is 2.73. The van der Waals surface area contributed by atoms with Crippen LogP contribution < -0.4 is 0 Å². The van der Waals surface area contributed by atoms with Crippen LogP contribution in [0.4, 0.5) is 0 Å². The SMILES string of the molecule is CCCC(OC(C)=O)C1=C(Br)/C(=C\Br)OC1=O. The van der Waals surface area contributed by atoms with Crippen LogP contribution in [-0.4, -0.2) is 18.0 Å². The van der Waals surface area contributed by atoms with E-state index in [9.17, 15) is 9.59 Å². The second kappa shape index (κ2) is 6.35. The minimum Gasteiger partial charge on any atom is -0.457 e. The standard InChI is InChI=1S/C11H12Br2O4/c1-3-4-7(16-6(2)14)9-10(13)8(5-12)17-11(9)15/h5,7H,3-4H2,1-2H3/b8-5+. The highest BCUT2D eigenvalue weighted by Gasteiger charge is 2.35. The first-order valence-corrected chi connectivity index (χ1v) is 6.81. The molecule has 1 heterocycles. The van der Waals surface area contributed by atoms with Crippen molar-refractivity contribution < 1.29 is 19.1 Å². The number of rotatable bonds is 4. The Morgan fingerprint density at radius 1 is 1.59 bits per heavy atom. The number of halogens is 2. The number of carbonyl (C=O) groups excluding carboxylic acids is 2. The molecule has 0 fully saturated rings. The van der Waals surface area contributed by atoms with Gasteiger partial charge in [-0.1, -0.05) is 29.3 Å². The summed E-state index contributed by atoms with van der Waals surface area (Å²) in [4.78, 5) is 24.2. The van der Waals surface area contributed by atoms with Crippen LogP contribution in [0.2, 0.25) is 0 Å². The van der Waals surface area contributed by atoms with Crippen molar-refractivity contribution in [1.29, 1.82) is 0 Å². The second-order valence-corrected chi connectivity index (χ2v) is 4.73. The quantitative estimate of drug-likeness (QED) is 0.716. The highest BCUT2D eigenvalue weighted by atomic mass is 79.9. The molecule has 0 saturated carbocycles. The van der Waals surface area contributed by atoms with Crippen molar-refractivity contribution in [2.45, 2.75) is 32.8 Å². The van der Waals surface area contributed by atoms with Crippen LogP contribution in [0.1, 0.15) is 26.7 Å². The monoisotopic (exact) mass is 366 g/mol. The Labute approximate surface area is 116 Å². The third-order valence-electron chi connectivity index (χ3n) is 2.16. The molecule has 0 spiro atoms. The molecule has 1 rings (SSSR count). The topological polar surface area (TPSA) is 52.6 Å². The lowest BCUT2D eigenvalue weighted by atomic mass is 10.1. The highest BCUT2D eigenvalue weighted by molar-refractivity contribution is 9.12. The van der Waals surface area contributed by atoms with Gasteiger partial charge in [-0.05, 0) is 22.4 Å². The van der Waals surface area contributed by atoms with Crippen molar-refractivity contribution in [2.24, 2.45) is 0 Å². The number of allylic oxidation sites excluding steroid dienone is 1. The predicted octanol–water partition coefficient (Wildman–Crippen LogP) is 3.16. The van der Waals surface area contributed by atoms with E-state index in [1.807, 2.05) is 6.92 Å². The Kier molecular flexibility index (Phi) is 5.39. The van der Waals surface area contributed by atoms with Gasteiger partial charge in [-0.2, -0.15) is 0 Å². The van der Waals surface area contributed by atoms with Gasteiger partial charge in [0.15, 0.2) is 5.76 Å². The maximum Gasteiger partial charge on any atom is 0.344 e. The molecule has 1 atom stereocenters. The first-order chi connectivity index (χ1) is 8.01. The summed E-state index contributed by atoms with van der Waals surface area (Å²) in [6, 6.07) is 0. The minimum absolute atomic E-state index is 0.354. The van der Waals surface area contributed by atoms with E-state index in [0.717, 1.165) is 6.42 Å². The van der Waals surface area contributed by atoms with E-state index < -0.39 is 18.0 Å². The van der Waals surface area contributed by atoms with E-state index in [1.54, 1.807) is 0 Å². The van der Waals surface area contributed by atoms with Crippen LogP contribution in [-0.2, 0) is 19.1 Å². The summed E-state index contributed by atoms with van der Waals surface area (Å²) in [6.07, 6.45) is 0.807. The molecule has 0 bridgehead atoms. The zero-order chi connectivity index (χ0) is 13.0. The van der Waals surface area contributed by atoms with E-state index in [2.05, 4.69) is 31.9 Å². The average Bonchev–Trinajstić information content (AvgIpc) is 2.52. The molecule has 0 saturated heterocycles. The van der Waals surface area contributed by atoms with Gasteiger partial charge in [-0.3, -0.25) is 4.79 Å². The molecule has 0 aromatic carbocycles. The Hall–Kier alpha value is -0.620. The number of hydrogen-bond donors (Lipinski definition) is 0. The van der Waals surface area contributed by atoms with Crippen molar-refractivity contribution in [3.8, 4) is 0 Å². The van der Waals surface area contributed by atoms with Crippen LogP contribution in [0.3, 0.4) is 0 Å². The molecular weight excluding hydrogens is 356 g/mol. The van der Waals surface area contributed by atoms with Crippen LogP contribution >= 0.6 is 31.9 Å². The summed E-state index contributed by atoms with van der Waals surface area (Å²) >= 11 is 6.38. The molecule has 0 aliphatic carbocycles. The molecule has 1 unspecified atom stereocenters. The molecule has 1 aliphatic heterocycles. The second-order valence-electron chi connectivity index (χ2n) is 3.48. The van der Waals surface area contributed by atoms with E-state index in [0.29, 0.717) is 22.2 Å². The number of cyclic esters (lactones) is 1. The maximum atomic E-state index is 11.7. The fourth-order valence-electron chi connectivity index (χ4n) is 1.49. The molecule has 0 aromatic rings. The van der Waals surface area contributed by atoms with Crippen molar-refractivity contribution in [2.75, 3.05) is 0 Å². The molecule has 17 heavy (non-hydrogen) atoms. The fraction of sp³-hybridized carbons (Fsp3) is 0.455. The Morgan fingerprint density at radius 3 is 2.65 bits per heavy atom. The van der Waals surface area contributed by atoms with Crippen molar-refractivity contribution >= 4 is 43.8 Å². The molecular formula is C11H12Br2O4. The van der Waals surface area contributed by atoms with Gasteiger partial charge in [-0.15, -0.1) is 0 Å². The molecule has 0 aromatic heterocycles. The number of hydrogen-bond acceptors (Lipinski definition) is 4. The largest absolute Gasteiger partial charge is 0.457 e. The van der Waals surface area contributed by atoms with Crippen molar-refractivity contribution in [3.05, 3.63) is 20.8 Å². The molecule has 1 aliphatic rings. The Morgan fingerprint density at radius 2 is 2.24 bits per heavy atom. The molecule has 4 nitrogen and oxygen atoms in total. The van der Waals surface area contributed by atoms with Gasteiger partial charge in [0, 0.05) is 11.9 Å². The van der Waals surface area contributed by atoms with Gasteiger partial charge in [0.2, 0.25) is 0 Å². The van der Waals surface area contributed by atoms with Crippen LogP contribution in [0.5, 0.6) is 0 Å². The molecule has 0 N–H and O–H groups in total. The Bertz CT molecular complexity index is 398. The van der Waals surface area contributed by atoms with E-state index in [4.69, 9.17) is 9.47 Å². The maximum absolute atomic E-state index is 11.7. The number of ether oxygens (including phenoxy) is 2. The lowest BCUT2D eigenvalue weighted by molar-refractivity contribution is -0.146. The normalized spacial score (nSPS) is 19.5. The first-order valence-electron chi connectivity index (χ1n) is 5.11. The molecule has 6 heteroatoms. The van der Waals surface area contributed by atoms with Crippen molar-refractivity contribution in [3.63, 3.8) is 0 Å². The van der Waals surface area contributed by atoms with Gasteiger partial charge in [0.05, 0.1) is 10.1 Å². The zero-order valence-corrected chi connectivity index (χ0v) is 12.6. The van der Waals surface area contributed by atoms with E-state index >= 15 is 0 Å². The van der Waals surface area contributed by atoms with E-state index in [1.165, 1.54) is 11.9 Å². The van der Waals surface area contributed by atoms with E-state index in [-0.39, 0.29) is 0 Å². The van der Waals surface area contributed by atoms with Gasteiger partial charge >= 0.3 is 11.9 Å². The van der Waals surface area contributed by atoms with Gasteiger partial charge in [0.1, 0.15) is 6.10 Å². The highest BCUT2D eigenvalue weighted by Crippen LogP contribution is 2.35. The third kappa shape index (κ3) is 3.42. The lowest BCUT2D eigenvalue weighted by Gasteiger charge is -2.15. The van der Waals surface area contributed by atoms with Gasteiger partial charge in [-0.25, -0.2) is 4.79 Å². The smallest absolute Gasteiger partial charge is 0.344 e. The zero-order valence-electron chi connectivity index (χ0n) is 9.46. The summed E-state index contributed by atoms with van der Waals surface area (Å²) in [5, 5.41) is 0. The minimum atomic E-state index is -0.565. The van der Waals surface area contributed by atoms with Gasteiger partial charge < -0.3 is 9.47 Å². The lowest BCUT2D eigenvalue weighted by Crippen LogP contribution is -2.22.